The molecule has 1 rings (SSSR count). The number of ether oxygens (including phenoxy) is 1. The van der Waals surface area contributed by atoms with Gasteiger partial charge in [0.1, 0.15) is 11.4 Å². The van der Waals surface area contributed by atoms with Crippen LogP contribution in [0.15, 0.2) is 18.2 Å². The second-order valence-electron chi connectivity index (χ2n) is 3.83. The molecule has 0 saturated heterocycles. The zero-order valence-electron chi connectivity index (χ0n) is 7.97. The van der Waals surface area contributed by atoms with Crippen molar-refractivity contribution in [3.8, 4) is 11.5 Å². The Kier molecular flexibility index (Phi) is 2.45. The minimum Gasteiger partial charge on any atom is -0.504 e. The Morgan fingerprint density at radius 1 is 1.31 bits per heavy atom. The molecule has 2 nitrogen and oxygen atoms in total. The topological polar surface area (TPSA) is 29.5 Å². The normalized spacial score (nSPS) is 11.4. The minimum atomic E-state index is -0.439. The molecule has 0 aliphatic heterocycles. The van der Waals surface area contributed by atoms with Crippen LogP contribution in [-0.2, 0) is 0 Å². The quantitative estimate of drug-likeness (QED) is 0.727. The van der Waals surface area contributed by atoms with Crippen molar-refractivity contribution in [2.75, 3.05) is 0 Å². The van der Waals surface area contributed by atoms with Crippen LogP contribution in [0, 0.1) is 5.82 Å². The third-order valence-electron chi connectivity index (χ3n) is 1.34. The fourth-order valence-corrected chi connectivity index (χ4v) is 0.900. The molecule has 0 radical (unpaired) electrons. The van der Waals surface area contributed by atoms with Crippen molar-refractivity contribution in [2.24, 2.45) is 0 Å². The van der Waals surface area contributed by atoms with Crippen molar-refractivity contribution in [1.82, 2.24) is 0 Å². The highest BCUT2D eigenvalue weighted by molar-refractivity contribution is 5.39. The molecule has 1 aromatic carbocycles. The molecule has 0 spiro atoms. The summed E-state index contributed by atoms with van der Waals surface area (Å²) in [6, 6.07) is 3.63. The molecule has 0 aromatic heterocycles. The van der Waals surface area contributed by atoms with Gasteiger partial charge in [-0.2, -0.15) is 0 Å². The molecule has 0 unspecified atom stereocenters. The highest BCUT2D eigenvalue weighted by Crippen LogP contribution is 2.29. The molecule has 0 saturated carbocycles. The maximum absolute atomic E-state index is 12.7. The average Bonchev–Trinajstić information content (AvgIpc) is 1.94. The maximum atomic E-state index is 12.7. The first kappa shape index (κ1) is 9.84. The third kappa shape index (κ3) is 2.93. The lowest BCUT2D eigenvalue weighted by atomic mass is 10.2. The summed E-state index contributed by atoms with van der Waals surface area (Å²) in [7, 11) is 0. The van der Waals surface area contributed by atoms with Crippen molar-refractivity contribution in [2.45, 2.75) is 26.4 Å². The summed E-state index contributed by atoms with van der Waals surface area (Å²) >= 11 is 0. The van der Waals surface area contributed by atoms with E-state index in [1.165, 1.54) is 18.2 Å². The van der Waals surface area contributed by atoms with Gasteiger partial charge in [0.2, 0.25) is 0 Å². The molecule has 3 heteroatoms. The van der Waals surface area contributed by atoms with Gasteiger partial charge in [0.05, 0.1) is 0 Å². The fraction of sp³-hybridized carbons (Fsp3) is 0.400. The summed E-state index contributed by atoms with van der Waals surface area (Å²) in [6.07, 6.45) is 0. The predicted molar refractivity (Wildman–Crippen MR) is 48.4 cm³/mol. The number of hydrogen-bond acceptors (Lipinski definition) is 2. The van der Waals surface area contributed by atoms with Gasteiger partial charge in [0.25, 0.3) is 0 Å². The molecule has 1 aromatic rings. The summed E-state index contributed by atoms with van der Waals surface area (Å²) in [4.78, 5) is 0. The highest BCUT2D eigenvalue weighted by atomic mass is 19.1. The third-order valence-corrected chi connectivity index (χ3v) is 1.34. The van der Waals surface area contributed by atoms with Crippen LogP contribution in [0.5, 0.6) is 11.5 Å². The summed E-state index contributed by atoms with van der Waals surface area (Å²) in [6.45, 7) is 5.49. The Balaban J connectivity index is 2.94. The van der Waals surface area contributed by atoms with E-state index in [-0.39, 0.29) is 11.5 Å². The van der Waals surface area contributed by atoms with Gasteiger partial charge in [0, 0.05) is 6.07 Å². The Morgan fingerprint density at radius 2 is 1.92 bits per heavy atom. The van der Waals surface area contributed by atoms with E-state index in [2.05, 4.69) is 0 Å². The zero-order chi connectivity index (χ0) is 10.1. The molecule has 13 heavy (non-hydrogen) atoms. The van der Waals surface area contributed by atoms with Crippen LogP contribution in [0.3, 0.4) is 0 Å². The Morgan fingerprint density at radius 3 is 2.46 bits per heavy atom. The smallest absolute Gasteiger partial charge is 0.164 e. The number of rotatable bonds is 1. The molecule has 0 amide bonds. The van der Waals surface area contributed by atoms with Crippen LogP contribution in [0.4, 0.5) is 4.39 Å². The van der Waals surface area contributed by atoms with Crippen LogP contribution in [-0.4, -0.2) is 10.7 Å². The molecular weight excluding hydrogens is 171 g/mol. The number of halogens is 1. The summed E-state index contributed by atoms with van der Waals surface area (Å²) in [5, 5.41) is 9.31. The summed E-state index contributed by atoms with van der Waals surface area (Å²) in [5.41, 5.74) is -0.439. The maximum Gasteiger partial charge on any atom is 0.164 e. The van der Waals surface area contributed by atoms with Gasteiger partial charge in [-0.05, 0) is 32.9 Å². The van der Waals surface area contributed by atoms with Crippen LogP contribution >= 0.6 is 0 Å². The average molecular weight is 184 g/mol. The molecular formula is C10H13FO2. The first-order valence-electron chi connectivity index (χ1n) is 4.06. The summed E-state index contributed by atoms with van der Waals surface area (Å²) in [5.74, 6) is -0.291. The second-order valence-corrected chi connectivity index (χ2v) is 3.83. The van der Waals surface area contributed by atoms with E-state index in [9.17, 15) is 9.50 Å². The van der Waals surface area contributed by atoms with Crippen molar-refractivity contribution < 1.29 is 14.2 Å². The number of hydrogen-bond donors (Lipinski definition) is 1. The number of phenolic OH excluding ortho intramolecular Hbond substituents is 1. The monoisotopic (exact) mass is 184 g/mol. The van der Waals surface area contributed by atoms with Gasteiger partial charge < -0.3 is 9.84 Å². The van der Waals surface area contributed by atoms with E-state index in [0.717, 1.165) is 0 Å². The van der Waals surface area contributed by atoms with Crippen molar-refractivity contribution in [3.63, 3.8) is 0 Å². The first-order valence-corrected chi connectivity index (χ1v) is 4.06. The standard InChI is InChI=1S/C10H13FO2/c1-10(2,3)13-9-6-7(11)4-5-8(9)12/h4-6,12H,1-3H3. The van der Waals surface area contributed by atoms with Gasteiger partial charge in [-0.25, -0.2) is 4.39 Å². The molecule has 72 valence electrons. The molecule has 0 heterocycles. The molecule has 1 N–H and O–H groups in total. The van der Waals surface area contributed by atoms with Gasteiger partial charge in [-0.15, -0.1) is 0 Å². The van der Waals surface area contributed by atoms with Gasteiger partial charge in [0.15, 0.2) is 11.5 Å². The lowest BCUT2D eigenvalue weighted by molar-refractivity contribution is 0.125. The van der Waals surface area contributed by atoms with E-state index in [1.54, 1.807) is 0 Å². The second kappa shape index (κ2) is 3.24. The van der Waals surface area contributed by atoms with E-state index in [4.69, 9.17) is 4.74 Å². The number of phenols is 1. The lowest BCUT2D eigenvalue weighted by Gasteiger charge is -2.21. The van der Waals surface area contributed by atoms with E-state index in [0.29, 0.717) is 0 Å². The predicted octanol–water partition coefficient (Wildman–Crippen LogP) is 2.71. The van der Waals surface area contributed by atoms with Crippen LogP contribution in [0.25, 0.3) is 0 Å². The number of benzene rings is 1. The molecule has 0 aliphatic carbocycles. The van der Waals surface area contributed by atoms with Crippen molar-refractivity contribution >= 4 is 0 Å². The molecule has 0 fully saturated rings. The largest absolute Gasteiger partial charge is 0.504 e. The van der Waals surface area contributed by atoms with Gasteiger partial charge in [-0.3, -0.25) is 0 Å². The van der Waals surface area contributed by atoms with E-state index >= 15 is 0 Å². The highest BCUT2D eigenvalue weighted by Gasteiger charge is 2.14. The fourth-order valence-electron chi connectivity index (χ4n) is 0.900. The van der Waals surface area contributed by atoms with Crippen molar-refractivity contribution in [3.05, 3.63) is 24.0 Å². The molecule has 0 bridgehead atoms. The minimum absolute atomic E-state index is 0.0451. The lowest BCUT2D eigenvalue weighted by Crippen LogP contribution is -2.23. The Bertz CT molecular complexity index is 302. The SMILES string of the molecule is CC(C)(C)Oc1cc(F)ccc1O. The van der Waals surface area contributed by atoms with Crippen LogP contribution in [0.2, 0.25) is 0 Å². The molecule has 0 atom stereocenters. The van der Waals surface area contributed by atoms with Crippen LogP contribution < -0.4 is 4.74 Å². The summed E-state index contributed by atoms with van der Waals surface area (Å²) < 4.78 is 18.1. The molecule has 0 aliphatic rings. The van der Waals surface area contributed by atoms with Gasteiger partial charge in [-0.1, -0.05) is 0 Å². The Labute approximate surface area is 77.0 Å². The zero-order valence-corrected chi connectivity index (χ0v) is 7.97. The van der Waals surface area contributed by atoms with E-state index < -0.39 is 11.4 Å². The van der Waals surface area contributed by atoms with Crippen molar-refractivity contribution in [1.29, 1.82) is 0 Å². The van der Waals surface area contributed by atoms with Crippen LogP contribution in [0.1, 0.15) is 20.8 Å². The Hall–Kier alpha value is -1.25. The van der Waals surface area contributed by atoms with Gasteiger partial charge >= 0.3 is 0 Å². The first-order chi connectivity index (χ1) is 5.88. The number of aromatic hydroxyl groups is 1. The van der Waals surface area contributed by atoms with E-state index in [1.807, 2.05) is 20.8 Å².